The SMILES string of the molecule is COc1cccc(C(C)(C)O)c1CF. The van der Waals surface area contributed by atoms with Crippen molar-refractivity contribution in [3.05, 3.63) is 29.3 Å². The summed E-state index contributed by atoms with van der Waals surface area (Å²) >= 11 is 0. The van der Waals surface area contributed by atoms with E-state index in [1.54, 1.807) is 32.0 Å². The van der Waals surface area contributed by atoms with Gasteiger partial charge in [0.15, 0.2) is 0 Å². The summed E-state index contributed by atoms with van der Waals surface area (Å²) < 4.78 is 17.8. The van der Waals surface area contributed by atoms with Gasteiger partial charge in [-0.05, 0) is 25.5 Å². The van der Waals surface area contributed by atoms with E-state index in [2.05, 4.69) is 0 Å². The fraction of sp³-hybridized carbons (Fsp3) is 0.455. The van der Waals surface area contributed by atoms with Crippen LogP contribution in [0.2, 0.25) is 0 Å². The molecule has 0 aromatic heterocycles. The van der Waals surface area contributed by atoms with E-state index >= 15 is 0 Å². The summed E-state index contributed by atoms with van der Waals surface area (Å²) in [5, 5.41) is 9.80. The Hall–Kier alpha value is -1.09. The molecular weight excluding hydrogens is 183 g/mol. The number of methoxy groups -OCH3 is 1. The number of benzene rings is 1. The van der Waals surface area contributed by atoms with Crippen LogP contribution < -0.4 is 4.74 Å². The highest BCUT2D eigenvalue weighted by molar-refractivity contribution is 5.42. The van der Waals surface area contributed by atoms with Gasteiger partial charge in [0.2, 0.25) is 0 Å². The zero-order valence-electron chi connectivity index (χ0n) is 8.67. The van der Waals surface area contributed by atoms with Crippen molar-refractivity contribution in [2.75, 3.05) is 7.11 Å². The van der Waals surface area contributed by atoms with E-state index in [0.717, 1.165) is 0 Å². The van der Waals surface area contributed by atoms with Crippen LogP contribution in [-0.2, 0) is 12.3 Å². The van der Waals surface area contributed by atoms with E-state index in [9.17, 15) is 9.50 Å². The zero-order chi connectivity index (χ0) is 10.8. The van der Waals surface area contributed by atoms with Crippen LogP contribution in [0, 0.1) is 0 Å². The summed E-state index contributed by atoms with van der Waals surface area (Å²) in [7, 11) is 1.49. The van der Waals surface area contributed by atoms with Crippen molar-refractivity contribution >= 4 is 0 Å². The van der Waals surface area contributed by atoms with E-state index in [0.29, 0.717) is 16.9 Å². The molecule has 1 rings (SSSR count). The Labute approximate surface area is 83.3 Å². The second-order valence-corrected chi connectivity index (χ2v) is 3.68. The molecule has 1 aromatic rings. The summed E-state index contributed by atoms with van der Waals surface area (Å²) in [6.07, 6.45) is 0. The number of alkyl halides is 1. The third-order valence-corrected chi connectivity index (χ3v) is 2.15. The molecule has 0 radical (unpaired) electrons. The summed E-state index contributed by atoms with van der Waals surface area (Å²) in [4.78, 5) is 0. The molecule has 0 fully saturated rings. The molecule has 0 spiro atoms. The molecule has 0 amide bonds. The van der Waals surface area contributed by atoms with E-state index < -0.39 is 12.3 Å². The molecule has 0 aliphatic rings. The van der Waals surface area contributed by atoms with Crippen molar-refractivity contribution in [1.29, 1.82) is 0 Å². The van der Waals surface area contributed by atoms with Crippen molar-refractivity contribution < 1.29 is 14.2 Å². The summed E-state index contributed by atoms with van der Waals surface area (Å²) in [5.74, 6) is 0.479. The normalized spacial score (nSPS) is 11.5. The molecule has 3 heteroatoms. The third kappa shape index (κ3) is 2.04. The first-order valence-electron chi connectivity index (χ1n) is 4.45. The highest BCUT2D eigenvalue weighted by atomic mass is 19.1. The second-order valence-electron chi connectivity index (χ2n) is 3.68. The topological polar surface area (TPSA) is 29.5 Å². The Morgan fingerprint density at radius 3 is 2.50 bits per heavy atom. The molecule has 0 aliphatic carbocycles. The fourth-order valence-corrected chi connectivity index (χ4v) is 1.47. The van der Waals surface area contributed by atoms with Crippen LogP contribution in [0.5, 0.6) is 5.75 Å². The van der Waals surface area contributed by atoms with Gasteiger partial charge in [-0.15, -0.1) is 0 Å². The Balaban J connectivity index is 3.29. The lowest BCUT2D eigenvalue weighted by molar-refractivity contribution is 0.0766. The van der Waals surface area contributed by atoms with E-state index in [1.165, 1.54) is 7.11 Å². The van der Waals surface area contributed by atoms with Crippen LogP contribution in [0.3, 0.4) is 0 Å². The van der Waals surface area contributed by atoms with Gasteiger partial charge in [-0.2, -0.15) is 0 Å². The molecule has 0 saturated heterocycles. The maximum Gasteiger partial charge on any atom is 0.125 e. The quantitative estimate of drug-likeness (QED) is 0.808. The second kappa shape index (κ2) is 3.96. The van der Waals surface area contributed by atoms with Crippen molar-refractivity contribution in [2.24, 2.45) is 0 Å². The van der Waals surface area contributed by atoms with Crippen molar-refractivity contribution in [3.63, 3.8) is 0 Å². The highest BCUT2D eigenvalue weighted by Crippen LogP contribution is 2.30. The summed E-state index contributed by atoms with van der Waals surface area (Å²) in [6, 6.07) is 5.13. The van der Waals surface area contributed by atoms with Crippen LogP contribution in [0.25, 0.3) is 0 Å². The first-order chi connectivity index (χ1) is 6.50. The number of aliphatic hydroxyl groups is 1. The Kier molecular flexibility index (Phi) is 3.11. The molecular formula is C11H15FO2. The van der Waals surface area contributed by atoms with Crippen molar-refractivity contribution in [2.45, 2.75) is 26.1 Å². The van der Waals surface area contributed by atoms with Crippen LogP contribution in [0.1, 0.15) is 25.0 Å². The maximum absolute atomic E-state index is 12.8. The predicted molar refractivity (Wildman–Crippen MR) is 53.1 cm³/mol. The molecule has 0 bridgehead atoms. The van der Waals surface area contributed by atoms with Gasteiger partial charge in [-0.1, -0.05) is 12.1 Å². The smallest absolute Gasteiger partial charge is 0.125 e. The minimum absolute atomic E-state index is 0.419. The van der Waals surface area contributed by atoms with Crippen LogP contribution in [0.4, 0.5) is 4.39 Å². The molecule has 0 heterocycles. The highest BCUT2D eigenvalue weighted by Gasteiger charge is 2.21. The number of hydrogen-bond donors (Lipinski definition) is 1. The van der Waals surface area contributed by atoms with E-state index in [1.807, 2.05) is 0 Å². The van der Waals surface area contributed by atoms with Gasteiger partial charge in [-0.25, -0.2) is 4.39 Å². The molecule has 1 N–H and O–H groups in total. The summed E-state index contributed by atoms with van der Waals surface area (Å²) in [5.41, 5.74) is -0.0578. The van der Waals surface area contributed by atoms with E-state index in [-0.39, 0.29) is 0 Å². The van der Waals surface area contributed by atoms with Gasteiger partial charge in [0.25, 0.3) is 0 Å². The third-order valence-electron chi connectivity index (χ3n) is 2.15. The first kappa shape index (κ1) is 11.0. The average Bonchev–Trinajstić information content (AvgIpc) is 2.15. The standard InChI is InChI=1S/C11H15FO2/c1-11(2,13)9-5-4-6-10(14-3)8(9)7-12/h4-6,13H,7H2,1-3H3. The lowest BCUT2D eigenvalue weighted by Crippen LogP contribution is -2.18. The minimum Gasteiger partial charge on any atom is -0.496 e. The summed E-state index contributed by atoms with van der Waals surface area (Å²) in [6.45, 7) is 2.62. The average molecular weight is 198 g/mol. The largest absolute Gasteiger partial charge is 0.496 e. The molecule has 0 aliphatic heterocycles. The number of ether oxygens (including phenoxy) is 1. The molecule has 78 valence electrons. The van der Waals surface area contributed by atoms with Crippen molar-refractivity contribution in [1.82, 2.24) is 0 Å². The van der Waals surface area contributed by atoms with Gasteiger partial charge in [0, 0.05) is 5.56 Å². The van der Waals surface area contributed by atoms with Gasteiger partial charge >= 0.3 is 0 Å². The molecule has 0 unspecified atom stereocenters. The predicted octanol–water partition coefficient (Wildman–Crippen LogP) is 2.39. The Morgan fingerprint density at radius 2 is 2.07 bits per heavy atom. The van der Waals surface area contributed by atoms with Crippen LogP contribution >= 0.6 is 0 Å². The monoisotopic (exact) mass is 198 g/mol. The number of hydrogen-bond acceptors (Lipinski definition) is 2. The first-order valence-corrected chi connectivity index (χ1v) is 4.45. The van der Waals surface area contributed by atoms with Gasteiger partial charge in [-0.3, -0.25) is 0 Å². The van der Waals surface area contributed by atoms with Gasteiger partial charge in [0.05, 0.1) is 12.7 Å². The number of halogens is 1. The van der Waals surface area contributed by atoms with Gasteiger partial charge in [0.1, 0.15) is 12.4 Å². The zero-order valence-corrected chi connectivity index (χ0v) is 8.67. The van der Waals surface area contributed by atoms with Crippen molar-refractivity contribution in [3.8, 4) is 5.75 Å². The lowest BCUT2D eigenvalue weighted by atomic mass is 9.93. The Bertz CT molecular complexity index is 316. The molecule has 14 heavy (non-hydrogen) atoms. The maximum atomic E-state index is 12.8. The fourth-order valence-electron chi connectivity index (χ4n) is 1.47. The van der Waals surface area contributed by atoms with Gasteiger partial charge < -0.3 is 9.84 Å². The molecule has 2 nitrogen and oxygen atoms in total. The minimum atomic E-state index is -1.05. The number of rotatable bonds is 3. The molecule has 0 atom stereocenters. The van der Waals surface area contributed by atoms with Crippen LogP contribution in [-0.4, -0.2) is 12.2 Å². The molecule has 1 aromatic carbocycles. The Morgan fingerprint density at radius 1 is 1.43 bits per heavy atom. The van der Waals surface area contributed by atoms with Crippen LogP contribution in [0.15, 0.2) is 18.2 Å². The van der Waals surface area contributed by atoms with E-state index in [4.69, 9.17) is 4.74 Å². The lowest BCUT2D eigenvalue weighted by Gasteiger charge is -2.21. The molecule has 0 saturated carbocycles.